The van der Waals surface area contributed by atoms with Crippen molar-refractivity contribution in [1.29, 1.82) is 0 Å². The molecule has 0 saturated carbocycles. The van der Waals surface area contributed by atoms with Crippen molar-refractivity contribution in [2.45, 2.75) is 46.6 Å². The van der Waals surface area contributed by atoms with Crippen molar-refractivity contribution in [1.82, 2.24) is 4.90 Å². The Balaban J connectivity index is 2.77. The summed E-state index contributed by atoms with van der Waals surface area (Å²) in [7, 11) is 1.40. The topological polar surface area (TPSA) is 63.7 Å². The van der Waals surface area contributed by atoms with Gasteiger partial charge in [0.05, 0.1) is 11.8 Å². The van der Waals surface area contributed by atoms with Crippen LogP contribution in [0.4, 0.5) is 0 Å². The first-order chi connectivity index (χ1) is 8.24. The van der Waals surface area contributed by atoms with Gasteiger partial charge in [-0.05, 0) is 19.3 Å². The molecule has 102 valence electrons. The Labute approximate surface area is 107 Å². The molecule has 1 aliphatic rings. The standard InChI is InChI=1S/C13H21NO4/c1-6-13(4,8(2)3)12(17)18-9-7-10(15)14(5)11(9)16/h8-9H,6-7H2,1-5H3. The molecule has 0 aromatic carbocycles. The van der Waals surface area contributed by atoms with Gasteiger partial charge >= 0.3 is 5.97 Å². The second kappa shape index (κ2) is 5.08. The number of esters is 1. The Kier molecular flexibility index (Phi) is 4.14. The van der Waals surface area contributed by atoms with Crippen LogP contribution in [0.25, 0.3) is 0 Å². The first-order valence-electron chi connectivity index (χ1n) is 6.25. The van der Waals surface area contributed by atoms with Gasteiger partial charge in [0, 0.05) is 7.05 Å². The Morgan fingerprint density at radius 3 is 2.39 bits per heavy atom. The van der Waals surface area contributed by atoms with E-state index in [1.165, 1.54) is 7.05 Å². The summed E-state index contributed by atoms with van der Waals surface area (Å²) in [6, 6.07) is 0. The summed E-state index contributed by atoms with van der Waals surface area (Å²) in [5, 5.41) is 0. The van der Waals surface area contributed by atoms with Crippen molar-refractivity contribution in [3.8, 4) is 0 Å². The smallest absolute Gasteiger partial charge is 0.312 e. The van der Waals surface area contributed by atoms with Gasteiger partial charge < -0.3 is 4.74 Å². The van der Waals surface area contributed by atoms with E-state index in [2.05, 4.69) is 0 Å². The van der Waals surface area contributed by atoms with Gasteiger partial charge in [0.15, 0.2) is 6.10 Å². The highest BCUT2D eigenvalue weighted by Crippen LogP contribution is 2.33. The fourth-order valence-electron chi connectivity index (χ4n) is 1.87. The third-order valence-corrected chi connectivity index (χ3v) is 4.06. The number of amides is 2. The van der Waals surface area contributed by atoms with E-state index in [0.29, 0.717) is 6.42 Å². The van der Waals surface area contributed by atoms with E-state index in [1.807, 2.05) is 27.7 Å². The van der Waals surface area contributed by atoms with Crippen molar-refractivity contribution >= 4 is 17.8 Å². The molecule has 0 bridgehead atoms. The summed E-state index contributed by atoms with van der Waals surface area (Å²) >= 11 is 0. The van der Waals surface area contributed by atoms with E-state index in [9.17, 15) is 14.4 Å². The average molecular weight is 255 g/mol. The van der Waals surface area contributed by atoms with Gasteiger partial charge in [-0.2, -0.15) is 0 Å². The quantitative estimate of drug-likeness (QED) is 0.562. The van der Waals surface area contributed by atoms with E-state index in [4.69, 9.17) is 4.74 Å². The number of carbonyl (C=O) groups is 3. The van der Waals surface area contributed by atoms with Crippen LogP contribution in [0.3, 0.4) is 0 Å². The number of imide groups is 1. The molecule has 0 aromatic rings. The normalized spacial score (nSPS) is 23.4. The molecule has 1 heterocycles. The molecule has 0 spiro atoms. The van der Waals surface area contributed by atoms with Crippen LogP contribution in [0.2, 0.25) is 0 Å². The largest absolute Gasteiger partial charge is 0.451 e. The summed E-state index contributed by atoms with van der Waals surface area (Å²) in [6.45, 7) is 7.62. The maximum absolute atomic E-state index is 12.1. The molecule has 1 saturated heterocycles. The molecule has 2 atom stereocenters. The first-order valence-corrected chi connectivity index (χ1v) is 6.25. The lowest BCUT2D eigenvalue weighted by Crippen LogP contribution is -2.39. The van der Waals surface area contributed by atoms with Crippen molar-refractivity contribution in [3.05, 3.63) is 0 Å². The highest BCUT2D eigenvalue weighted by Gasteiger charge is 2.43. The summed E-state index contributed by atoms with van der Waals surface area (Å²) in [6.07, 6.45) is -0.354. The van der Waals surface area contributed by atoms with Gasteiger partial charge in [0.25, 0.3) is 5.91 Å². The van der Waals surface area contributed by atoms with Crippen molar-refractivity contribution in [3.63, 3.8) is 0 Å². The van der Waals surface area contributed by atoms with E-state index in [0.717, 1.165) is 4.90 Å². The number of hydrogen-bond donors (Lipinski definition) is 0. The predicted octanol–water partition coefficient (Wildman–Crippen LogP) is 1.36. The lowest BCUT2D eigenvalue weighted by Gasteiger charge is -2.30. The number of likely N-dealkylation sites (N-methyl/N-ethyl adjacent to an activating group) is 1. The zero-order chi connectivity index (χ0) is 14.1. The van der Waals surface area contributed by atoms with Crippen LogP contribution in [0.15, 0.2) is 0 Å². The number of likely N-dealkylation sites (tertiary alicyclic amines) is 1. The van der Waals surface area contributed by atoms with Crippen molar-refractivity contribution in [2.24, 2.45) is 11.3 Å². The number of rotatable bonds is 4. The maximum atomic E-state index is 12.1. The van der Waals surface area contributed by atoms with Crippen molar-refractivity contribution < 1.29 is 19.1 Å². The van der Waals surface area contributed by atoms with E-state index < -0.39 is 23.4 Å². The third kappa shape index (κ3) is 2.40. The van der Waals surface area contributed by atoms with Crippen LogP contribution in [-0.2, 0) is 19.1 Å². The minimum Gasteiger partial charge on any atom is -0.451 e. The highest BCUT2D eigenvalue weighted by atomic mass is 16.6. The lowest BCUT2D eigenvalue weighted by atomic mass is 9.77. The third-order valence-electron chi connectivity index (χ3n) is 4.06. The van der Waals surface area contributed by atoms with E-state index in [-0.39, 0.29) is 18.2 Å². The van der Waals surface area contributed by atoms with Crippen LogP contribution >= 0.6 is 0 Å². The molecule has 0 aromatic heterocycles. The zero-order valence-electron chi connectivity index (χ0n) is 11.6. The Morgan fingerprint density at radius 1 is 1.50 bits per heavy atom. The molecule has 18 heavy (non-hydrogen) atoms. The number of ether oxygens (including phenoxy) is 1. The molecule has 2 amide bonds. The molecular weight excluding hydrogens is 234 g/mol. The molecule has 0 radical (unpaired) electrons. The minimum atomic E-state index is -0.945. The summed E-state index contributed by atoms with van der Waals surface area (Å²) in [5.41, 5.74) is -0.621. The lowest BCUT2D eigenvalue weighted by molar-refractivity contribution is -0.167. The Bertz CT molecular complexity index is 377. The van der Waals surface area contributed by atoms with Gasteiger partial charge in [-0.25, -0.2) is 0 Å². The van der Waals surface area contributed by atoms with E-state index >= 15 is 0 Å². The minimum absolute atomic E-state index is 0.0427. The molecule has 0 N–H and O–H groups in total. The van der Waals surface area contributed by atoms with Gasteiger partial charge in [0.2, 0.25) is 5.91 Å². The molecule has 5 nitrogen and oxygen atoms in total. The zero-order valence-corrected chi connectivity index (χ0v) is 11.6. The van der Waals surface area contributed by atoms with Crippen LogP contribution in [0.1, 0.15) is 40.5 Å². The maximum Gasteiger partial charge on any atom is 0.312 e. The molecule has 1 aliphatic heterocycles. The fourth-order valence-corrected chi connectivity index (χ4v) is 1.87. The molecular formula is C13H21NO4. The second-order valence-corrected chi connectivity index (χ2v) is 5.31. The van der Waals surface area contributed by atoms with Crippen LogP contribution in [0.5, 0.6) is 0 Å². The molecule has 2 unspecified atom stereocenters. The van der Waals surface area contributed by atoms with Gasteiger partial charge in [-0.15, -0.1) is 0 Å². The Morgan fingerprint density at radius 2 is 2.06 bits per heavy atom. The first kappa shape index (κ1) is 14.7. The van der Waals surface area contributed by atoms with Gasteiger partial charge in [-0.3, -0.25) is 19.3 Å². The SMILES string of the molecule is CCC(C)(C(=O)OC1CC(=O)N(C)C1=O)C(C)C. The molecule has 0 aliphatic carbocycles. The fraction of sp³-hybridized carbons (Fsp3) is 0.769. The second-order valence-electron chi connectivity index (χ2n) is 5.31. The van der Waals surface area contributed by atoms with E-state index in [1.54, 1.807) is 0 Å². The predicted molar refractivity (Wildman–Crippen MR) is 65.5 cm³/mol. The average Bonchev–Trinajstić information content (AvgIpc) is 2.55. The highest BCUT2D eigenvalue weighted by molar-refractivity contribution is 6.05. The summed E-state index contributed by atoms with van der Waals surface area (Å²) in [5.74, 6) is -1.03. The number of carbonyl (C=O) groups excluding carboxylic acids is 3. The van der Waals surface area contributed by atoms with Crippen LogP contribution in [-0.4, -0.2) is 35.8 Å². The molecule has 5 heteroatoms. The van der Waals surface area contributed by atoms with Gasteiger partial charge in [-0.1, -0.05) is 20.8 Å². The summed E-state index contributed by atoms with van der Waals surface area (Å²) < 4.78 is 5.23. The van der Waals surface area contributed by atoms with Gasteiger partial charge in [0.1, 0.15) is 0 Å². The summed E-state index contributed by atoms with van der Waals surface area (Å²) in [4.78, 5) is 36.2. The van der Waals surface area contributed by atoms with Crippen LogP contribution in [0, 0.1) is 11.3 Å². The van der Waals surface area contributed by atoms with Crippen molar-refractivity contribution in [2.75, 3.05) is 7.05 Å². The number of nitrogens with zero attached hydrogens (tertiary/aromatic N) is 1. The molecule has 1 fully saturated rings. The van der Waals surface area contributed by atoms with Crippen LogP contribution < -0.4 is 0 Å². The monoisotopic (exact) mass is 255 g/mol. The molecule has 1 rings (SSSR count). The number of hydrogen-bond acceptors (Lipinski definition) is 4. The Hall–Kier alpha value is -1.39.